The summed E-state index contributed by atoms with van der Waals surface area (Å²) in [7, 11) is 4.10. The van der Waals surface area contributed by atoms with E-state index in [1.54, 1.807) is 0 Å². The van der Waals surface area contributed by atoms with Crippen LogP contribution in [0, 0.1) is 0 Å². The number of carbonyl (C=O) groups is 1. The lowest BCUT2D eigenvalue weighted by molar-refractivity contribution is 0.0664. The van der Waals surface area contributed by atoms with Crippen LogP contribution in [0.1, 0.15) is 15.9 Å². The van der Waals surface area contributed by atoms with Gasteiger partial charge in [-0.1, -0.05) is 60.7 Å². The number of anilines is 1. The van der Waals surface area contributed by atoms with Gasteiger partial charge in [-0.05, 0) is 24.7 Å². The Bertz CT molecular complexity index is 983. The second-order valence-corrected chi connectivity index (χ2v) is 7.87. The minimum atomic E-state index is 0.0603. The van der Waals surface area contributed by atoms with E-state index in [4.69, 9.17) is 4.98 Å². The van der Waals surface area contributed by atoms with Crippen LogP contribution >= 0.6 is 0 Å². The van der Waals surface area contributed by atoms with Crippen molar-refractivity contribution in [2.24, 2.45) is 0 Å². The first-order chi connectivity index (χ1) is 14.6. The maximum atomic E-state index is 13.4. The Morgan fingerprint density at radius 2 is 1.53 bits per heavy atom. The molecule has 3 aromatic rings. The molecule has 30 heavy (non-hydrogen) atoms. The Morgan fingerprint density at radius 1 is 0.900 bits per heavy atom. The highest BCUT2D eigenvalue weighted by atomic mass is 16.2. The Kier molecular flexibility index (Phi) is 6.10. The van der Waals surface area contributed by atoms with Crippen molar-refractivity contribution < 1.29 is 4.79 Å². The Morgan fingerprint density at radius 3 is 2.20 bits per heavy atom. The highest BCUT2D eigenvalue weighted by molar-refractivity contribution is 5.99. The number of carbonyl (C=O) groups excluding carboxylic acids is 1. The molecule has 0 N–H and O–H groups in total. The maximum absolute atomic E-state index is 13.4. The zero-order valence-corrected chi connectivity index (χ0v) is 17.7. The van der Waals surface area contributed by atoms with Crippen LogP contribution in [0.15, 0.2) is 72.8 Å². The molecule has 0 atom stereocenters. The van der Waals surface area contributed by atoms with E-state index < -0.39 is 0 Å². The first kappa shape index (κ1) is 20.1. The molecule has 5 nitrogen and oxygen atoms in total. The van der Waals surface area contributed by atoms with Crippen LogP contribution in [-0.2, 0) is 6.54 Å². The molecule has 0 spiro atoms. The van der Waals surface area contributed by atoms with Crippen molar-refractivity contribution in [2.45, 2.75) is 6.54 Å². The number of hydrogen-bond acceptors (Lipinski definition) is 4. The third-order valence-corrected chi connectivity index (χ3v) is 5.59. The molecule has 1 saturated heterocycles. The maximum Gasteiger partial charge on any atom is 0.257 e. The molecule has 154 valence electrons. The molecule has 1 aliphatic rings. The number of rotatable bonds is 5. The molecule has 2 aromatic carbocycles. The monoisotopic (exact) mass is 400 g/mol. The van der Waals surface area contributed by atoms with Gasteiger partial charge in [0.2, 0.25) is 0 Å². The van der Waals surface area contributed by atoms with Gasteiger partial charge in [0.25, 0.3) is 5.91 Å². The first-order valence-corrected chi connectivity index (χ1v) is 10.4. The molecule has 1 fully saturated rings. The van der Waals surface area contributed by atoms with Gasteiger partial charge in [0, 0.05) is 45.3 Å². The van der Waals surface area contributed by atoms with Crippen molar-refractivity contribution >= 4 is 11.7 Å². The number of amides is 1. The van der Waals surface area contributed by atoms with Gasteiger partial charge in [0.05, 0.1) is 11.3 Å². The van der Waals surface area contributed by atoms with Crippen molar-refractivity contribution in [1.29, 1.82) is 0 Å². The van der Waals surface area contributed by atoms with Gasteiger partial charge >= 0.3 is 0 Å². The van der Waals surface area contributed by atoms with Crippen LogP contribution in [0.25, 0.3) is 11.3 Å². The van der Waals surface area contributed by atoms with Crippen LogP contribution in [0.3, 0.4) is 0 Å². The van der Waals surface area contributed by atoms with Crippen LogP contribution in [0.4, 0.5) is 5.82 Å². The lowest BCUT2D eigenvalue weighted by atomic mass is 10.1. The second-order valence-electron chi connectivity index (χ2n) is 7.87. The SMILES string of the molecule is CN1CCN(C(=O)c2ccc(-c3ccccc3)nc2N(C)Cc2ccccc2)CC1. The summed E-state index contributed by atoms with van der Waals surface area (Å²) >= 11 is 0. The summed E-state index contributed by atoms with van der Waals surface area (Å²) in [6, 6.07) is 24.3. The third-order valence-electron chi connectivity index (χ3n) is 5.59. The number of nitrogens with zero attached hydrogens (tertiary/aromatic N) is 4. The summed E-state index contributed by atoms with van der Waals surface area (Å²) in [6.07, 6.45) is 0. The molecular weight excluding hydrogens is 372 g/mol. The van der Waals surface area contributed by atoms with E-state index >= 15 is 0 Å². The largest absolute Gasteiger partial charge is 0.355 e. The molecule has 5 heteroatoms. The van der Waals surface area contributed by atoms with E-state index in [1.165, 1.54) is 5.56 Å². The van der Waals surface area contributed by atoms with E-state index in [1.807, 2.05) is 72.6 Å². The topological polar surface area (TPSA) is 39.7 Å². The third kappa shape index (κ3) is 4.52. The zero-order chi connectivity index (χ0) is 20.9. The van der Waals surface area contributed by atoms with Crippen molar-refractivity contribution in [3.63, 3.8) is 0 Å². The normalized spacial score (nSPS) is 14.5. The van der Waals surface area contributed by atoms with E-state index in [2.05, 4.69) is 29.0 Å². The molecular formula is C25H28N4O. The highest BCUT2D eigenvalue weighted by Gasteiger charge is 2.25. The minimum Gasteiger partial charge on any atom is -0.355 e. The van der Waals surface area contributed by atoms with E-state index in [0.29, 0.717) is 12.1 Å². The van der Waals surface area contributed by atoms with Gasteiger partial charge in [-0.3, -0.25) is 4.79 Å². The second kappa shape index (κ2) is 9.09. The van der Waals surface area contributed by atoms with Gasteiger partial charge in [-0.15, -0.1) is 0 Å². The van der Waals surface area contributed by atoms with Gasteiger partial charge < -0.3 is 14.7 Å². The number of hydrogen-bond donors (Lipinski definition) is 0. The van der Waals surface area contributed by atoms with Crippen molar-refractivity contribution in [2.75, 3.05) is 45.2 Å². The Labute approximate surface area is 178 Å². The van der Waals surface area contributed by atoms with Crippen LogP contribution in [-0.4, -0.2) is 61.0 Å². The van der Waals surface area contributed by atoms with Gasteiger partial charge in [0.15, 0.2) is 0 Å². The molecule has 0 unspecified atom stereocenters. The van der Waals surface area contributed by atoms with E-state index in [-0.39, 0.29) is 5.91 Å². The number of likely N-dealkylation sites (N-methyl/N-ethyl adjacent to an activating group) is 1. The average molecular weight is 401 g/mol. The number of pyridine rings is 1. The fourth-order valence-electron chi connectivity index (χ4n) is 3.79. The van der Waals surface area contributed by atoms with Gasteiger partial charge in [-0.2, -0.15) is 0 Å². The summed E-state index contributed by atoms with van der Waals surface area (Å²) in [4.78, 5) is 24.6. The summed E-state index contributed by atoms with van der Waals surface area (Å²) < 4.78 is 0. The van der Waals surface area contributed by atoms with Gasteiger partial charge in [0.1, 0.15) is 5.82 Å². The number of piperazine rings is 1. The minimum absolute atomic E-state index is 0.0603. The first-order valence-electron chi connectivity index (χ1n) is 10.4. The number of aromatic nitrogens is 1. The van der Waals surface area contributed by atoms with Crippen molar-refractivity contribution in [3.8, 4) is 11.3 Å². The van der Waals surface area contributed by atoms with Crippen molar-refractivity contribution in [1.82, 2.24) is 14.8 Å². The predicted octanol–water partition coefficient (Wildman–Crippen LogP) is 3.77. The fraction of sp³-hybridized carbons (Fsp3) is 0.280. The summed E-state index contributed by atoms with van der Waals surface area (Å²) in [6.45, 7) is 3.98. The highest BCUT2D eigenvalue weighted by Crippen LogP contribution is 2.26. The Hall–Kier alpha value is -3.18. The molecule has 4 rings (SSSR count). The molecule has 1 amide bonds. The summed E-state index contributed by atoms with van der Waals surface area (Å²) in [5.41, 5.74) is 3.77. The average Bonchev–Trinajstić information content (AvgIpc) is 2.80. The standard InChI is InChI=1S/C25H28N4O/c1-27-15-17-29(18-16-27)25(30)22-13-14-23(21-11-7-4-8-12-21)26-24(22)28(2)19-20-9-5-3-6-10-20/h3-14H,15-19H2,1-2H3. The van der Waals surface area contributed by atoms with Gasteiger partial charge in [-0.25, -0.2) is 4.98 Å². The van der Waals surface area contributed by atoms with Crippen LogP contribution in [0.2, 0.25) is 0 Å². The summed E-state index contributed by atoms with van der Waals surface area (Å²) in [5.74, 6) is 0.786. The smallest absolute Gasteiger partial charge is 0.257 e. The Balaban J connectivity index is 1.68. The number of benzene rings is 2. The van der Waals surface area contributed by atoms with Crippen LogP contribution in [0.5, 0.6) is 0 Å². The predicted molar refractivity (Wildman–Crippen MR) is 122 cm³/mol. The lowest BCUT2D eigenvalue weighted by Gasteiger charge is -2.33. The van der Waals surface area contributed by atoms with E-state index in [9.17, 15) is 4.79 Å². The molecule has 1 aliphatic heterocycles. The lowest BCUT2D eigenvalue weighted by Crippen LogP contribution is -2.47. The molecule has 2 heterocycles. The quantitative estimate of drug-likeness (QED) is 0.654. The molecule has 0 aliphatic carbocycles. The fourth-order valence-corrected chi connectivity index (χ4v) is 3.79. The molecule has 0 radical (unpaired) electrons. The molecule has 1 aromatic heterocycles. The summed E-state index contributed by atoms with van der Waals surface area (Å²) in [5, 5.41) is 0. The zero-order valence-electron chi connectivity index (χ0n) is 17.7. The molecule has 0 saturated carbocycles. The van der Waals surface area contributed by atoms with Crippen molar-refractivity contribution in [3.05, 3.63) is 83.9 Å². The molecule has 0 bridgehead atoms. The van der Waals surface area contributed by atoms with Crippen LogP contribution < -0.4 is 4.90 Å². The van der Waals surface area contributed by atoms with E-state index in [0.717, 1.165) is 43.3 Å².